The Morgan fingerprint density at radius 1 is 1.33 bits per heavy atom. The molecule has 1 atom stereocenters. The molecule has 150 valence electrons. The van der Waals surface area contributed by atoms with E-state index in [2.05, 4.69) is 10.6 Å². The Morgan fingerprint density at radius 3 is 2.70 bits per heavy atom. The smallest absolute Gasteiger partial charge is 0.355 e. The monoisotopic (exact) mass is 386 g/mol. The van der Waals surface area contributed by atoms with Crippen molar-refractivity contribution in [2.24, 2.45) is 0 Å². The van der Waals surface area contributed by atoms with E-state index < -0.39 is 17.8 Å². The van der Waals surface area contributed by atoms with Crippen molar-refractivity contribution in [2.45, 2.75) is 25.2 Å². The van der Waals surface area contributed by atoms with Crippen LogP contribution in [0, 0.1) is 0 Å². The molecule has 1 heterocycles. The van der Waals surface area contributed by atoms with Crippen molar-refractivity contribution in [3.63, 3.8) is 0 Å². The molecule has 1 aliphatic heterocycles. The average Bonchev–Trinajstić information content (AvgIpc) is 2.57. The van der Waals surface area contributed by atoms with Crippen molar-refractivity contribution in [3.8, 4) is 0 Å². The van der Waals surface area contributed by atoms with E-state index in [0.29, 0.717) is 26.2 Å². The number of halogens is 3. The van der Waals surface area contributed by atoms with Gasteiger partial charge in [-0.2, -0.15) is 13.2 Å². The minimum Gasteiger partial charge on any atom is -0.355 e. The molecule has 1 aliphatic rings. The van der Waals surface area contributed by atoms with E-state index in [1.165, 1.54) is 18.2 Å². The first-order valence-electron chi connectivity index (χ1n) is 8.76. The number of likely N-dealkylation sites (N-methyl/N-ethyl adjacent to an activating group) is 1. The number of alkyl halides is 3. The second kappa shape index (κ2) is 9.18. The fraction of sp³-hybridized carbons (Fsp3) is 0.556. The van der Waals surface area contributed by atoms with E-state index in [1.807, 2.05) is 19.0 Å². The van der Waals surface area contributed by atoms with E-state index in [1.54, 1.807) is 4.90 Å². The lowest BCUT2D eigenvalue weighted by Crippen LogP contribution is -2.56. The van der Waals surface area contributed by atoms with Gasteiger partial charge in [-0.3, -0.25) is 14.5 Å². The highest BCUT2D eigenvalue weighted by atomic mass is 19.4. The molecule has 0 spiro atoms. The third kappa shape index (κ3) is 6.21. The first kappa shape index (κ1) is 21.2. The summed E-state index contributed by atoms with van der Waals surface area (Å²) in [4.78, 5) is 27.9. The van der Waals surface area contributed by atoms with E-state index >= 15 is 0 Å². The summed E-state index contributed by atoms with van der Waals surface area (Å²) in [5.41, 5.74) is -0.622. The maximum atomic E-state index is 13.2. The number of carbonyl (C=O) groups excluding carboxylic acids is 2. The molecule has 2 rings (SSSR count). The molecule has 1 fully saturated rings. The third-order valence-corrected chi connectivity index (χ3v) is 4.40. The van der Waals surface area contributed by atoms with Gasteiger partial charge in [0.15, 0.2) is 0 Å². The molecule has 27 heavy (non-hydrogen) atoms. The van der Waals surface area contributed by atoms with Crippen LogP contribution in [0.15, 0.2) is 24.3 Å². The minimum atomic E-state index is -4.46. The number of hydrogen-bond acceptors (Lipinski definition) is 4. The number of nitrogens with one attached hydrogen (secondary N) is 2. The van der Waals surface area contributed by atoms with Crippen LogP contribution in [0.25, 0.3) is 0 Å². The SMILES string of the molecule is CN(C)CCNC(=O)CC1C(=O)NCCN1Cc1ccccc1C(F)(F)F. The highest BCUT2D eigenvalue weighted by Crippen LogP contribution is 2.32. The minimum absolute atomic E-state index is 0.0429. The van der Waals surface area contributed by atoms with Gasteiger partial charge in [0, 0.05) is 32.7 Å². The fourth-order valence-corrected chi connectivity index (χ4v) is 2.99. The predicted molar refractivity (Wildman–Crippen MR) is 94.8 cm³/mol. The standard InChI is InChI=1S/C18H25F3N4O2/c1-24(2)9-7-22-16(26)11-15-17(27)23-8-10-25(15)12-13-5-3-4-6-14(13)18(19,20)21/h3-6,15H,7-12H2,1-2H3,(H,22,26)(H,23,27). The molecule has 1 saturated heterocycles. The third-order valence-electron chi connectivity index (χ3n) is 4.40. The molecule has 6 nitrogen and oxygen atoms in total. The van der Waals surface area contributed by atoms with Gasteiger partial charge in [0.25, 0.3) is 0 Å². The predicted octanol–water partition coefficient (Wildman–Crippen LogP) is 1.07. The topological polar surface area (TPSA) is 64.7 Å². The van der Waals surface area contributed by atoms with Crippen molar-refractivity contribution in [3.05, 3.63) is 35.4 Å². The van der Waals surface area contributed by atoms with Crippen molar-refractivity contribution < 1.29 is 22.8 Å². The van der Waals surface area contributed by atoms with Crippen LogP contribution in [0.4, 0.5) is 13.2 Å². The highest BCUT2D eigenvalue weighted by molar-refractivity contribution is 5.88. The number of nitrogens with zero attached hydrogens (tertiary/aromatic N) is 2. The van der Waals surface area contributed by atoms with Gasteiger partial charge < -0.3 is 15.5 Å². The Kier molecular flexibility index (Phi) is 7.20. The van der Waals surface area contributed by atoms with Gasteiger partial charge >= 0.3 is 6.18 Å². The Hall–Kier alpha value is -2.13. The molecule has 2 N–H and O–H groups in total. The largest absolute Gasteiger partial charge is 0.416 e. The Balaban J connectivity index is 2.08. The molecule has 0 radical (unpaired) electrons. The van der Waals surface area contributed by atoms with Gasteiger partial charge in [-0.1, -0.05) is 18.2 Å². The molecule has 1 aromatic rings. The van der Waals surface area contributed by atoms with E-state index in [4.69, 9.17) is 0 Å². The van der Waals surface area contributed by atoms with Gasteiger partial charge in [-0.15, -0.1) is 0 Å². The summed E-state index contributed by atoms with van der Waals surface area (Å²) >= 11 is 0. The van der Waals surface area contributed by atoms with Crippen molar-refractivity contribution in [1.82, 2.24) is 20.4 Å². The van der Waals surface area contributed by atoms with Crippen LogP contribution in [0.3, 0.4) is 0 Å². The molecule has 0 bridgehead atoms. The Bertz CT molecular complexity index is 664. The van der Waals surface area contributed by atoms with Crippen molar-refractivity contribution >= 4 is 11.8 Å². The first-order valence-corrected chi connectivity index (χ1v) is 8.76. The number of carbonyl (C=O) groups is 2. The van der Waals surface area contributed by atoms with Crippen molar-refractivity contribution in [2.75, 3.05) is 40.3 Å². The van der Waals surface area contributed by atoms with E-state index in [-0.39, 0.29) is 30.3 Å². The first-order chi connectivity index (χ1) is 12.7. The summed E-state index contributed by atoms with van der Waals surface area (Å²) in [5.74, 6) is -0.637. The molecular weight excluding hydrogens is 361 g/mol. The lowest BCUT2D eigenvalue weighted by molar-refractivity contribution is -0.139. The molecular formula is C18H25F3N4O2. The van der Waals surface area contributed by atoms with Crippen LogP contribution in [-0.4, -0.2) is 67.9 Å². The summed E-state index contributed by atoms with van der Waals surface area (Å²) in [6.07, 6.45) is -4.55. The molecule has 1 unspecified atom stereocenters. The zero-order chi connectivity index (χ0) is 20.0. The lowest BCUT2D eigenvalue weighted by Gasteiger charge is -2.35. The Morgan fingerprint density at radius 2 is 2.04 bits per heavy atom. The van der Waals surface area contributed by atoms with Gasteiger partial charge in [0.05, 0.1) is 18.0 Å². The quantitative estimate of drug-likeness (QED) is 0.736. The van der Waals surface area contributed by atoms with Crippen LogP contribution in [-0.2, 0) is 22.3 Å². The number of piperazine rings is 1. The van der Waals surface area contributed by atoms with Gasteiger partial charge in [-0.05, 0) is 25.7 Å². The molecule has 0 saturated carbocycles. The van der Waals surface area contributed by atoms with E-state index in [0.717, 1.165) is 6.07 Å². The number of hydrogen-bond donors (Lipinski definition) is 2. The fourth-order valence-electron chi connectivity index (χ4n) is 2.99. The second-order valence-corrected chi connectivity index (χ2v) is 6.79. The average molecular weight is 386 g/mol. The summed E-state index contributed by atoms with van der Waals surface area (Å²) in [6.45, 7) is 1.78. The van der Waals surface area contributed by atoms with Crippen LogP contribution < -0.4 is 10.6 Å². The zero-order valence-electron chi connectivity index (χ0n) is 15.5. The normalized spacial score (nSPS) is 18.4. The summed E-state index contributed by atoms with van der Waals surface area (Å²) in [5, 5.41) is 5.42. The van der Waals surface area contributed by atoms with E-state index in [9.17, 15) is 22.8 Å². The maximum Gasteiger partial charge on any atom is 0.416 e. The van der Waals surface area contributed by atoms with Gasteiger partial charge in [0.1, 0.15) is 0 Å². The Labute approximate surface area is 156 Å². The lowest BCUT2D eigenvalue weighted by atomic mass is 10.0. The number of amides is 2. The van der Waals surface area contributed by atoms with Crippen LogP contribution in [0.1, 0.15) is 17.5 Å². The summed E-state index contributed by atoms with van der Waals surface area (Å²) in [6, 6.07) is 4.52. The maximum absolute atomic E-state index is 13.2. The van der Waals surface area contributed by atoms with Crippen molar-refractivity contribution in [1.29, 1.82) is 0 Å². The molecule has 0 aromatic heterocycles. The summed E-state index contributed by atoms with van der Waals surface area (Å²) in [7, 11) is 3.75. The number of rotatable bonds is 7. The molecule has 0 aliphatic carbocycles. The molecule has 9 heteroatoms. The second-order valence-electron chi connectivity index (χ2n) is 6.79. The van der Waals surface area contributed by atoms with Crippen LogP contribution in [0.2, 0.25) is 0 Å². The molecule has 2 amide bonds. The van der Waals surface area contributed by atoms with Gasteiger partial charge in [-0.25, -0.2) is 0 Å². The highest BCUT2D eigenvalue weighted by Gasteiger charge is 2.36. The van der Waals surface area contributed by atoms with Gasteiger partial charge in [0.2, 0.25) is 11.8 Å². The zero-order valence-corrected chi connectivity index (χ0v) is 15.5. The molecule has 1 aromatic carbocycles. The van der Waals surface area contributed by atoms with Crippen LogP contribution >= 0.6 is 0 Å². The van der Waals surface area contributed by atoms with Crippen LogP contribution in [0.5, 0.6) is 0 Å². The number of benzene rings is 1. The summed E-state index contributed by atoms with van der Waals surface area (Å²) < 4.78 is 39.7.